The number of nitrogens with one attached hydrogen (secondary N) is 1. The van der Waals surface area contributed by atoms with Crippen LogP contribution in [0, 0.1) is 5.82 Å². The molecule has 3 aromatic carbocycles. The van der Waals surface area contributed by atoms with Gasteiger partial charge in [-0.15, -0.1) is 0 Å². The average molecular weight is 513 g/mol. The van der Waals surface area contributed by atoms with E-state index in [1.165, 1.54) is 31.4 Å². The highest BCUT2D eigenvalue weighted by atomic mass is 35.5. The summed E-state index contributed by atoms with van der Waals surface area (Å²) in [5.74, 6) is -0.650. The number of carbonyl (C=O) groups excluding carboxylic acids is 3. The third kappa shape index (κ3) is 5.82. The van der Waals surface area contributed by atoms with Crippen LogP contribution in [0.25, 0.3) is 6.08 Å². The van der Waals surface area contributed by atoms with Gasteiger partial charge < -0.3 is 14.8 Å². The van der Waals surface area contributed by atoms with Gasteiger partial charge in [-0.3, -0.25) is 14.4 Å². The lowest BCUT2D eigenvalue weighted by molar-refractivity contribution is -0.118. The summed E-state index contributed by atoms with van der Waals surface area (Å²) in [6, 6.07) is 16.7. The van der Waals surface area contributed by atoms with Crippen molar-refractivity contribution in [2.75, 3.05) is 23.9 Å². The molecule has 10 heteroatoms. The molecule has 1 N–H and O–H groups in total. The molecule has 3 amide bonds. The lowest BCUT2D eigenvalue weighted by atomic mass is 10.2. The summed E-state index contributed by atoms with van der Waals surface area (Å²) in [5, 5.41) is 2.59. The minimum Gasteiger partial charge on any atom is -0.493 e. The Morgan fingerprint density at radius 2 is 1.86 bits per heavy atom. The van der Waals surface area contributed by atoms with E-state index in [0.29, 0.717) is 33.5 Å². The summed E-state index contributed by atoms with van der Waals surface area (Å²) in [5.41, 5.74) is 1.43. The first-order chi connectivity index (χ1) is 16.8. The maximum Gasteiger partial charge on any atom is 0.298 e. The number of hydrogen-bond acceptors (Lipinski definition) is 6. The molecule has 1 aliphatic heterocycles. The molecule has 4 rings (SSSR count). The van der Waals surface area contributed by atoms with Crippen LogP contribution in [0.1, 0.15) is 5.56 Å². The molecule has 0 bridgehead atoms. The Morgan fingerprint density at radius 1 is 1.09 bits per heavy atom. The van der Waals surface area contributed by atoms with Crippen LogP contribution < -0.4 is 19.7 Å². The number of hydrogen-bond donors (Lipinski definition) is 1. The minimum absolute atomic E-state index is 0.240. The molecule has 0 atom stereocenters. The van der Waals surface area contributed by atoms with Crippen LogP contribution in [-0.2, 0) is 9.59 Å². The molecule has 178 valence electrons. The number of anilines is 2. The molecule has 1 heterocycles. The second-order valence-corrected chi connectivity index (χ2v) is 8.68. The molecule has 1 saturated heterocycles. The molecule has 0 unspecified atom stereocenters. The number of rotatable bonds is 7. The molecule has 7 nitrogen and oxygen atoms in total. The van der Waals surface area contributed by atoms with E-state index in [2.05, 4.69) is 5.32 Å². The highest BCUT2D eigenvalue weighted by molar-refractivity contribution is 8.19. The summed E-state index contributed by atoms with van der Waals surface area (Å²) >= 11 is 6.81. The van der Waals surface area contributed by atoms with E-state index < -0.39 is 22.9 Å². The monoisotopic (exact) mass is 512 g/mol. The minimum atomic E-state index is -0.459. The van der Waals surface area contributed by atoms with Gasteiger partial charge in [0.2, 0.25) is 0 Å². The third-order valence-electron chi connectivity index (χ3n) is 4.83. The molecule has 0 aliphatic carbocycles. The van der Waals surface area contributed by atoms with E-state index >= 15 is 0 Å². The second-order valence-electron chi connectivity index (χ2n) is 7.25. The lowest BCUT2D eigenvalue weighted by Crippen LogP contribution is -2.27. The Hall–Kier alpha value is -3.82. The predicted octanol–water partition coefficient (Wildman–Crippen LogP) is 5.75. The summed E-state index contributed by atoms with van der Waals surface area (Å²) in [6.45, 7) is -0.300. The van der Waals surface area contributed by atoms with Gasteiger partial charge in [-0.25, -0.2) is 9.29 Å². The molecule has 3 aromatic rings. The van der Waals surface area contributed by atoms with Crippen molar-refractivity contribution in [3.8, 4) is 11.5 Å². The number of imide groups is 1. The van der Waals surface area contributed by atoms with Crippen LogP contribution in [0.3, 0.4) is 0 Å². The fourth-order valence-electron chi connectivity index (χ4n) is 3.22. The number of amides is 3. The molecular weight excluding hydrogens is 495 g/mol. The van der Waals surface area contributed by atoms with Gasteiger partial charge in [-0.2, -0.15) is 0 Å². The molecule has 0 spiro atoms. The topological polar surface area (TPSA) is 84.9 Å². The van der Waals surface area contributed by atoms with Crippen molar-refractivity contribution in [3.63, 3.8) is 0 Å². The molecule has 0 saturated carbocycles. The van der Waals surface area contributed by atoms with Crippen LogP contribution >= 0.6 is 23.4 Å². The maximum atomic E-state index is 13.0. The van der Waals surface area contributed by atoms with E-state index in [9.17, 15) is 18.8 Å². The van der Waals surface area contributed by atoms with Crippen LogP contribution in [0.15, 0.2) is 71.6 Å². The number of thioether (sulfide) groups is 1. The van der Waals surface area contributed by atoms with E-state index in [1.54, 1.807) is 48.5 Å². The normalized spacial score (nSPS) is 14.4. The molecule has 0 radical (unpaired) electrons. The van der Waals surface area contributed by atoms with Gasteiger partial charge >= 0.3 is 0 Å². The molecule has 1 aliphatic rings. The van der Waals surface area contributed by atoms with Gasteiger partial charge in [0.05, 0.1) is 17.7 Å². The third-order valence-corrected chi connectivity index (χ3v) is 5.94. The van der Waals surface area contributed by atoms with Crippen molar-refractivity contribution in [3.05, 3.63) is 88.0 Å². The van der Waals surface area contributed by atoms with Gasteiger partial charge in [0.15, 0.2) is 18.1 Å². The van der Waals surface area contributed by atoms with Gasteiger partial charge in [0, 0.05) is 10.7 Å². The molecule has 0 aromatic heterocycles. The molecular formula is C25H18ClFN2O5S. The van der Waals surface area contributed by atoms with Crippen LogP contribution in [-0.4, -0.2) is 30.8 Å². The van der Waals surface area contributed by atoms with Crippen LogP contribution in [0.2, 0.25) is 5.02 Å². The number of ether oxygens (including phenoxy) is 2. The van der Waals surface area contributed by atoms with Crippen LogP contribution in [0.4, 0.5) is 20.6 Å². The van der Waals surface area contributed by atoms with Crippen molar-refractivity contribution in [2.24, 2.45) is 0 Å². The predicted molar refractivity (Wildman–Crippen MR) is 133 cm³/mol. The van der Waals surface area contributed by atoms with Crippen molar-refractivity contribution < 1.29 is 28.2 Å². The van der Waals surface area contributed by atoms with Crippen molar-refractivity contribution in [1.29, 1.82) is 0 Å². The number of halogens is 2. The van der Waals surface area contributed by atoms with Gasteiger partial charge in [0.1, 0.15) is 5.82 Å². The highest BCUT2D eigenvalue weighted by Crippen LogP contribution is 2.37. The molecule has 35 heavy (non-hydrogen) atoms. The van der Waals surface area contributed by atoms with E-state index in [0.717, 1.165) is 16.7 Å². The zero-order valence-electron chi connectivity index (χ0n) is 18.3. The van der Waals surface area contributed by atoms with Gasteiger partial charge in [-0.1, -0.05) is 23.7 Å². The zero-order valence-corrected chi connectivity index (χ0v) is 19.9. The number of nitrogens with zero attached hydrogens (tertiary/aromatic N) is 1. The Kier molecular flexibility index (Phi) is 7.38. The number of benzene rings is 3. The Morgan fingerprint density at radius 3 is 2.57 bits per heavy atom. The Labute approximate surface area is 209 Å². The van der Waals surface area contributed by atoms with Crippen molar-refractivity contribution in [2.45, 2.75) is 0 Å². The first-order valence-electron chi connectivity index (χ1n) is 10.2. The highest BCUT2D eigenvalue weighted by Gasteiger charge is 2.36. The lowest BCUT2D eigenvalue weighted by Gasteiger charge is -2.12. The summed E-state index contributed by atoms with van der Waals surface area (Å²) < 4.78 is 23.9. The summed E-state index contributed by atoms with van der Waals surface area (Å²) in [7, 11) is 1.44. The first kappa shape index (κ1) is 24.3. The first-order valence-corrected chi connectivity index (χ1v) is 11.4. The van der Waals surface area contributed by atoms with E-state index in [1.807, 2.05) is 0 Å². The van der Waals surface area contributed by atoms with Crippen LogP contribution in [0.5, 0.6) is 11.5 Å². The summed E-state index contributed by atoms with van der Waals surface area (Å²) in [4.78, 5) is 38.7. The Balaban J connectivity index is 1.45. The quantitative estimate of drug-likeness (QED) is 0.406. The standard InChI is InChI=1S/C25H18ClFN2O5S/c1-33-21-11-15(5-10-20(21)34-14-23(30)28-18-8-6-17(27)7-9-18)12-22-24(31)29(25(32)35-22)19-4-2-3-16(26)13-19/h2-13H,14H2,1H3,(H,28,30)/b22-12+. The fraction of sp³-hybridized carbons (Fsp3) is 0.0800. The van der Waals surface area contributed by atoms with Gasteiger partial charge in [-0.05, 0) is 78.0 Å². The Bertz CT molecular complexity index is 1330. The largest absolute Gasteiger partial charge is 0.493 e. The van der Waals surface area contributed by atoms with E-state index in [4.69, 9.17) is 21.1 Å². The second kappa shape index (κ2) is 10.6. The molecule has 1 fully saturated rings. The SMILES string of the molecule is COc1cc(/C=C2/SC(=O)N(c3cccc(Cl)c3)C2=O)ccc1OCC(=O)Nc1ccc(F)cc1. The number of carbonyl (C=O) groups is 3. The maximum absolute atomic E-state index is 13.0. The summed E-state index contributed by atoms with van der Waals surface area (Å²) in [6.07, 6.45) is 1.57. The van der Waals surface area contributed by atoms with Crippen molar-refractivity contribution >= 4 is 57.9 Å². The van der Waals surface area contributed by atoms with Crippen molar-refractivity contribution in [1.82, 2.24) is 0 Å². The zero-order chi connectivity index (χ0) is 24.9. The average Bonchev–Trinajstić information content (AvgIpc) is 3.12. The van der Waals surface area contributed by atoms with Gasteiger partial charge in [0.25, 0.3) is 17.1 Å². The smallest absolute Gasteiger partial charge is 0.298 e. The van der Waals surface area contributed by atoms with E-state index in [-0.39, 0.29) is 11.5 Å². The number of methoxy groups -OCH3 is 1. The fourth-order valence-corrected chi connectivity index (χ4v) is 4.25.